The third-order valence-corrected chi connectivity index (χ3v) is 3.76. The van der Waals surface area contributed by atoms with Gasteiger partial charge in [0, 0.05) is 21.7 Å². The maximum absolute atomic E-state index is 12.9. The first-order valence-electron chi connectivity index (χ1n) is 5.05. The van der Waals surface area contributed by atoms with Crippen LogP contribution >= 0.6 is 43.5 Å². The molecule has 2 nitrogen and oxygen atoms in total. The first-order valence-corrected chi connectivity index (χ1v) is 7.01. The zero-order valence-corrected chi connectivity index (χ0v) is 13.0. The van der Waals surface area contributed by atoms with Crippen LogP contribution in [0.2, 0.25) is 5.15 Å². The van der Waals surface area contributed by atoms with Crippen LogP contribution in [0.25, 0.3) is 0 Å². The largest absolute Gasteiger partial charge is 0.378 e. The van der Waals surface area contributed by atoms with Gasteiger partial charge in [0.15, 0.2) is 5.15 Å². The molecule has 0 aliphatic rings. The topological polar surface area (TPSA) is 24.9 Å². The van der Waals surface area contributed by atoms with Crippen LogP contribution in [-0.4, -0.2) is 4.98 Å². The minimum Gasteiger partial charge on any atom is -0.378 e. The average Bonchev–Trinajstić information content (AvgIpc) is 2.32. The monoisotopic (exact) mass is 392 g/mol. The number of pyridine rings is 1. The molecular formula is C12H8Br2ClFN2. The molecule has 0 bridgehead atoms. The van der Waals surface area contributed by atoms with Crippen LogP contribution in [0, 0.1) is 5.82 Å². The Bertz CT molecular complexity index is 578. The summed E-state index contributed by atoms with van der Waals surface area (Å²) >= 11 is 12.6. The lowest BCUT2D eigenvalue weighted by atomic mass is 10.2. The zero-order valence-electron chi connectivity index (χ0n) is 9.05. The molecule has 0 amide bonds. The lowest BCUT2D eigenvalue weighted by Gasteiger charge is -2.09. The summed E-state index contributed by atoms with van der Waals surface area (Å²) in [4.78, 5) is 4.01. The number of anilines is 1. The molecule has 0 unspecified atom stereocenters. The number of rotatable bonds is 3. The number of hydrogen-bond donors (Lipinski definition) is 1. The van der Waals surface area contributed by atoms with Crippen LogP contribution in [0.3, 0.4) is 0 Å². The molecule has 0 atom stereocenters. The van der Waals surface area contributed by atoms with Gasteiger partial charge in [-0.25, -0.2) is 9.37 Å². The molecule has 0 saturated heterocycles. The van der Waals surface area contributed by atoms with Gasteiger partial charge in [-0.2, -0.15) is 0 Å². The predicted octanol–water partition coefficient (Wildman–Crippen LogP) is 5.01. The molecule has 0 aliphatic carbocycles. The van der Waals surface area contributed by atoms with Gasteiger partial charge < -0.3 is 5.32 Å². The van der Waals surface area contributed by atoms with Crippen molar-refractivity contribution in [3.63, 3.8) is 0 Å². The normalized spacial score (nSPS) is 10.4. The van der Waals surface area contributed by atoms with Crippen molar-refractivity contribution in [3.8, 4) is 0 Å². The summed E-state index contributed by atoms with van der Waals surface area (Å²) in [6, 6.07) is 6.40. The fourth-order valence-electron chi connectivity index (χ4n) is 1.40. The molecular weight excluding hydrogens is 386 g/mol. The molecule has 1 aromatic carbocycles. The number of hydrogen-bond acceptors (Lipinski definition) is 2. The summed E-state index contributed by atoms with van der Waals surface area (Å²) in [5.74, 6) is -0.271. The van der Waals surface area contributed by atoms with Crippen molar-refractivity contribution >= 4 is 49.1 Å². The van der Waals surface area contributed by atoms with E-state index in [2.05, 4.69) is 42.2 Å². The predicted molar refractivity (Wildman–Crippen MR) is 78.4 cm³/mol. The van der Waals surface area contributed by atoms with E-state index in [1.165, 1.54) is 12.1 Å². The van der Waals surface area contributed by atoms with E-state index in [4.69, 9.17) is 11.6 Å². The molecule has 0 fully saturated rings. The highest BCUT2D eigenvalue weighted by molar-refractivity contribution is 9.10. The van der Waals surface area contributed by atoms with Gasteiger partial charge in [-0.3, -0.25) is 0 Å². The van der Waals surface area contributed by atoms with E-state index in [-0.39, 0.29) is 5.82 Å². The summed E-state index contributed by atoms with van der Waals surface area (Å²) in [5.41, 5.74) is 1.66. The highest BCUT2D eigenvalue weighted by Crippen LogP contribution is 2.25. The van der Waals surface area contributed by atoms with Gasteiger partial charge in [-0.05, 0) is 39.7 Å². The van der Waals surface area contributed by atoms with Crippen LogP contribution in [0.15, 0.2) is 39.4 Å². The van der Waals surface area contributed by atoms with Crippen LogP contribution in [0.1, 0.15) is 5.56 Å². The Morgan fingerprint density at radius 2 is 2.06 bits per heavy atom. The van der Waals surface area contributed by atoms with Gasteiger partial charge in [0.1, 0.15) is 5.82 Å². The molecule has 1 aromatic heterocycles. The van der Waals surface area contributed by atoms with Crippen molar-refractivity contribution in [2.75, 3.05) is 5.32 Å². The number of nitrogens with one attached hydrogen (secondary N) is 1. The van der Waals surface area contributed by atoms with Gasteiger partial charge in [0.05, 0.1) is 5.69 Å². The van der Waals surface area contributed by atoms with Crippen molar-refractivity contribution in [3.05, 3.63) is 55.9 Å². The van der Waals surface area contributed by atoms with Gasteiger partial charge >= 0.3 is 0 Å². The van der Waals surface area contributed by atoms with Gasteiger partial charge in [0.2, 0.25) is 0 Å². The highest BCUT2D eigenvalue weighted by atomic mass is 79.9. The fraction of sp³-hybridized carbons (Fsp3) is 0.0833. The minimum absolute atomic E-state index is 0.271. The van der Waals surface area contributed by atoms with Crippen LogP contribution in [0.5, 0.6) is 0 Å². The second-order valence-corrected chi connectivity index (χ2v) is 5.71. The summed E-state index contributed by atoms with van der Waals surface area (Å²) in [6.07, 6.45) is 1.63. The summed E-state index contributed by atoms with van der Waals surface area (Å²) in [7, 11) is 0. The number of nitrogens with zero attached hydrogens (tertiary/aromatic N) is 1. The van der Waals surface area contributed by atoms with E-state index in [0.29, 0.717) is 16.2 Å². The van der Waals surface area contributed by atoms with E-state index in [0.717, 1.165) is 15.7 Å². The third kappa shape index (κ3) is 3.43. The number of halogens is 4. The average molecular weight is 394 g/mol. The van der Waals surface area contributed by atoms with Crippen molar-refractivity contribution < 1.29 is 4.39 Å². The quantitative estimate of drug-likeness (QED) is 0.740. The molecule has 18 heavy (non-hydrogen) atoms. The molecule has 1 heterocycles. The molecule has 6 heteroatoms. The standard InChI is InChI=1S/C12H8Br2ClFN2/c13-8-3-11(12(15)18-6-8)17-5-7-1-2-9(16)4-10(7)14/h1-4,6,17H,5H2. The summed E-state index contributed by atoms with van der Waals surface area (Å²) < 4.78 is 14.5. The van der Waals surface area contributed by atoms with Crippen molar-refractivity contribution in [2.24, 2.45) is 0 Å². The number of aromatic nitrogens is 1. The van der Waals surface area contributed by atoms with E-state index in [9.17, 15) is 4.39 Å². The molecule has 2 rings (SSSR count). The van der Waals surface area contributed by atoms with Gasteiger partial charge in [0.25, 0.3) is 0 Å². The van der Waals surface area contributed by atoms with E-state index < -0.39 is 0 Å². The van der Waals surface area contributed by atoms with Gasteiger partial charge in [-0.1, -0.05) is 33.6 Å². The maximum Gasteiger partial charge on any atom is 0.152 e. The van der Waals surface area contributed by atoms with Gasteiger partial charge in [-0.15, -0.1) is 0 Å². The van der Waals surface area contributed by atoms with Crippen molar-refractivity contribution in [1.82, 2.24) is 4.98 Å². The SMILES string of the molecule is Fc1ccc(CNc2cc(Br)cnc2Cl)c(Br)c1. The lowest BCUT2D eigenvalue weighted by molar-refractivity contribution is 0.626. The molecule has 1 N–H and O–H groups in total. The summed E-state index contributed by atoms with van der Waals surface area (Å²) in [6.45, 7) is 0.527. The van der Waals surface area contributed by atoms with Crippen molar-refractivity contribution in [2.45, 2.75) is 6.54 Å². The second-order valence-electron chi connectivity index (χ2n) is 3.58. The molecule has 2 aromatic rings. The Labute approximate surface area is 126 Å². The molecule has 0 spiro atoms. The number of benzene rings is 1. The Morgan fingerprint density at radius 1 is 1.28 bits per heavy atom. The van der Waals surface area contributed by atoms with E-state index >= 15 is 0 Å². The van der Waals surface area contributed by atoms with Crippen LogP contribution < -0.4 is 5.32 Å². The smallest absolute Gasteiger partial charge is 0.152 e. The van der Waals surface area contributed by atoms with Crippen LogP contribution in [-0.2, 0) is 6.54 Å². The Kier molecular flexibility index (Phi) is 4.59. The first kappa shape index (κ1) is 13.8. The third-order valence-electron chi connectivity index (χ3n) is 2.29. The Hall–Kier alpha value is -0.650. The zero-order chi connectivity index (χ0) is 13.1. The van der Waals surface area contributed by atoms with E-state index in [1.54, 1.807) is 12.3 Å². The van der Waals surface area contributed by atoms with Crippen LogP contribution in [0.4, 0.5) is 10.1 Å². The first-order chi connectivity index (χ1) is 8.56. The molecule has 94 valence electrons. The van der Waals surface area contributed by atoms with E-state index in [1.807, 2.05) is 6.07 Å². The van der Waals surface area contributed by atoms with Crippen molar-refractivity contribution in [1.29, 1.82) is 0 Å². The molecule has 0 saturated carbocycles. The minimum atomic E-state index is -0.271. The summed E-state index contributed by atoms with van der Waals surface area (Å²) in [5, 5.41) is 3.55. The Balaban J connectivity index is 2.13. The lowest BCUT2D eigenvalue weighted by Crippen LogP contribution is -2.01. The highest BCUT2D eigenvalue weighted by Gasteiger charge is 2.05. The Morgan fingerprint density at radius 3 is 2.78 bits per heavy atom. The fourth-order valence-corrected chi connectivity index (χ4v) is 2.39. The second kappa shape index (κ2) is 5.99. The molecule has 0 aliphatic heterocycles. The maximum atomic E-state index is 12.9. The molecule has 0 radical (unpaired) electrons.